The monoisotopic (exact) mass is 338 g/mol. The maximum atomic E-state index is 12.7. The lowest BCUT2D eigenvalue weighted by Crippen LogP contribution is -2.48. The van der Waals surface area contributed by atoms with Gasteiger partial charge < -0.3 is 19.3 Å². The summed E-state index contributed by atoms with van der Waals surface area (Å²) >= 11 is 0. The van der Waals surface area contributed by atoms with Crippen LogP contribution in [0.4, 0.5) is 0 Å². The maximum absolute atomic E-state index is 12.7. The highest BCUT2D eigenvalue weighted by Gasteiger charge is 2.65. The zero-order valence-electron chi connectivity index (χ0n) is 13.7. The Morgan fingerprint density at radius 1 is 1.38 bits per heavy atom. The number of fused-ring (bicyclic) bond motifs is 1. The summed E-state index contributed by atoms with van der Waals surface area (Å²) in [6.45, 7) is 4.29. The highest BCUT2D eigenvalue weighted by Crippen LogP contribution is 2.46. The number of aliphatic hydroxyl groups is 1. The normalized spacial score (nSPS) is 32.6. The Hall–Kier alpha value is -2.48. The summed E-state index contributed by atoms with van der Waals surface area (Å²) in [4.78, 5) is 48.5. The van der Waals surface area contributed by atoms with E-state index in [1.54, 1.807) is 6.92 Å². The van der Waals surface area contributed by atoms with Crippen molar-refractivity contribution in [1.29, 1.82) is 0 Å². The predicted molar refractivity (Wildman–Crippen MR) is 78.1 cm³/mol. The van der Waals surface area contributed by atoms with E-state index >= 15 is 0 Å². The van der Waals surface area contributed by atoms with E-state index in [-0.39, 0.29) is 11.1 Å². The molecule has 0 aromatic heterocycles. The number of allylic oxidation sites excluding steroid dienone is 1. The number of ketones is 1. The number of hydrogen-bond donors (Lipinski definition) is 1. The third kappa shape index (κ3) is 2.62. The fraction of sp³-hybridized carbons (Fsp3) is 0.500. The summed E-state index contributed by atoms with van der Waals surface area (Å²) in [5, 5.41) is 10.7. The molecular weight excluding hydrogens is 320 g/mol. The van der Waals surface area contributed by atoms with E-state index < -0.39 is 47.2 Å². The highest BCUT2D eigenvalue weighted by atomic mass is 16.6. The first-order chi connectivity index (χ1) is 11.2. The minimum Gasteiger partial charge on any atom is -0.466 e. The van der Waals surface area contributed by atoms with Gasteiger partial charge in [-0.15, -0.1) is 0 Å². The first kappa shape index (κ1) is 17.9. The summed E-state index contributed by atoms with van der Waals surface area (Å²) in [5.74, 6) is -5.96. The van der Waals surface area contributed by atoms with Crippen LogP contribution in [0.5, 0.6) is 0 Å². The Morgan fingerprint density at radius 2 is 2.00 bits per heavy atom. The maximum Gasteiger partial charge on any atom is 0.337 e. The van der Waals surface area contributed by atoms with Gasteiger partial charge in [0.2, 0.25) is 0 Å². The third-order valence-electron chi connectivity index (χ3n) is 4.35. The average molecular weight is 338 g/mol. The number of methoxy groups -OCH3 is 1. The number of ether oxygens (including phenoxy) is 3. The fourth-order valence-electron chi connectivity index (χ4n) is 2.88. The van der Waals surface area contributed by atoms with Gasteiger partial charge in [0, 0.05) is 5.57 Å². The number of Topliss-reactive ketones (excluding diaryl/α,β-unsaturated/α-hetero) is 1. The smallest absolute Gasteiger partial charge is 0.337 e. The van der Waals surface area contributed by atoms with Crippen LogP contribution in [0.15, 0.2) is 23.5 Å². The predicted octanol–water partition coefficient (Wildman–Crippen LogP) is 0.0442. The van der Waals surface area contributed by atoms with Crippen LogP contribution in [0.2, 0.25) is 0 Å². The van der Waals surface area contributed by atoms with Gasteiger partial charge in [-0.3, -0.25) is 9.59 Å². The van der Waals surface area contributed by atoms with Gasteiger partial charge in [0.25, 0.3) is 0 Å². The van der Waals surface area contributed by atoms with Crippen molar-refractivity contribution in [2.24, 2.45) is 11.8 Å². The molecule has 2 aliphatic rings. The molecule has 0 aromatic rings. The highest BCUT2D eigenvalue weighted by molar-refractivity contribution is 6.07. The Kier molecular flexibility index (Phi) is 4.61. The van der Waals surface area contributed by atoms with Crippen molar-refractivity contribution in [1.82, 2.24) is 0 Å². The summed E-state index contributed by atoms with van der Waals surface area (Å²) < 4.78 is 14.4. The number of hydrogen-bond acceptors (Lipinski definition) is 8. The molecule has 1 aliphatic heterocycles. The molecule has 0 amide bonds. The largest absolute Gasteiger partial charge is 0.466 e. The number of rotatable bonds is 3. The summed E-state index contributed by atoms with van der Waals surface area (Å²) in [5.41, 5.74) is -1.98. The van der Waals surface area contributed by atoms with E-state index in [0.717, 1.165) is 13.4 Å². The van der Waals surface area contributed by atoms with E-state index in [1.807, 2.05) is 0 Å². The van der Waals surface area contributed by atoms with Crippen molar-refractivity contribution in [3.63, 3.8) is 0 Å². The molecule has 0 unspecified atom stereocenters. The number of esters is 3. The van der Waals surface area contributed by atoms with E-state index in [9.17, 15) is 24.3 Å². The molecule has 0 saturated heterocycles. The van der Waals surface area contributed by atoms with Gasteiger partial charge in [-0.1, -0.05) is 6.08 Å². The van der Waals surface area contributed by atoms with Crippen molar-refractivity contribution in [2.75, 3.05) is 7.11 Å². The molecule has 0 spiro atoms. The lowest BCUT2D eigenvalue weighted by molar-refractivity contribution is -0.170. The van der Waals surface area contributed by atoms with E-state index in [4.69, 9.17) is 9.47 Å². The third-order valence-corrected chi connectivity index (χ3v) is 4.35. The molecule has 130 valence electrons. The second-order valence-corrected chi connectivity index (χ2v) is 5.84. The van der Waals surface area contributed by atoms with E-state index in [2.05, 4.69) is 4.74 Å². The average Bonchev–Trinajstić information content (AvgIpc) is 2.75. The van der Waals surface area contributed by atoms with Crippen LogP contribution >= 0.6 is 0 Å². The molecule has 0 aromatic carbocycles. The molecule has 1 saturated carbocycles. The van der Waals surface area contributed by atoms with Crippen LogP contribution in [0, 0.1) is 11.8 Å². The van der Waals surface area contributed by atoms with Gasteiger partial charge >= 0.3 is 17.9 Å². The van der Waals surface area contributed by atoms with Crippen LogP contribution in [0.3, 0.4) is 0 Å². The van der Waals surface area contributed by atoms with Gasteiger partial charge in [0.05, 0.1) is 18.6 Å². The SMILES string of the molecule is C/C=C(\C)C(=O)O[C@H]1C(=O)[C@@H]2C(C(=O)OC)=COC(=O)[C@@H]2[C@@]1(C)O. The minimum atomic E-state index is -2.02. The molecule has 8 nitrogen and oxygen atoms in total. The van der Waals surface area contributed by atoms with Crippen LogP contribution in [-0.4, -0.2) is 47.6 Å². The zero-order valence-corrected chi connectivity index (χ0v) is 13.7. The Labute approximate surface area is 138 Å². The number of carbonyl (C=O) groups excluding carboxylic acids is 4. The standard InChI is InChI=1S/C16H18O8/c1-5-7(2)13(18)24-12-11(17)9-8(14(19)22-4)6-23-15(20)10(9)16(12,3)21/h5-6,9-10,12,21H,1-4H3/b7-5+/t9-,10-,12+,16-/m1/s1. The molecular formula is C16H18O8. The first-order valence-electron chi connectivity index (χ1n) is 7.25. The molecule has 1 heterocycles. The topological polar surface area (TPSA) is 116 Å². The van der Waals surface area contributed by atoms with Crippen molar-refractivity contribution < 1.29 is 38.5 Å². The minimum absolute atomic E-state index is 0.200. The molecule has 0 bridgehead atoms. The molecule has 4 atom stereocenters. The van der Waals surface area contributed by atoms with Gasteiger partial charge in [-0.05, 0) is 20.8 Å². The van der Waals surface area contributed by atoms with Crippen molar-refractivity contribution >= 4 is 23.7 Å². The zero-order chi connectivity index (χ0) is 18.2. The van der Waals surface area contributed by atoms with E-state index in [0.29, 0.717) is 0 Å². The Bertz CT molecular complexity index is 670. The van der Waals surface area contributed by atoms with Gasteiger partial charge in [0.15, 0.2) is 11.9 Å². The second-order valence-electron chi connectivity index (χ2n) is 5.84. The van der Waals surface area contributed by atoms with Gasteiger partial charge in [0.1, 0.15) is 17.8 Å². The quantitative estimate of drug-likeness (QED) is 0.436. The Morgan fingerprint density at radius 3 is 2.54 bits per heavy atom. The van der Waals surface area contributed by atoms with Crippen LogP contribution in [-0.2, 0) is 33.4 Å². The van der Waals surface area contributed by atoms with Crippen LogP contribution in [0.1, 0.15) is 20.8 Å². The van der Waals surface area contributed by atoms with Crippen LogP contribution < -0.4 is 0 Å². The molecule has 24 heavy (non-hydrogen) atoms. The molecule has 0 radical (unpaired) electrons. The van der Waals surface area contributed by atoms with Gasteiger partial charge in [-0.25, -0.2) is 9.59 Å². The first-order valence-corrected chi connectivity index (χ1v) is 7.25. The lowest BCUT2D eigenvalue weighted by atomic mass is 9.81. The number of cyclic esters (lactones) is 1. The van der Waals surface area contributed by atoms with Crippen molar-refractivity contribution in [3.8, 4) is 0 Å². The second kappa shape index (κ2) is 6.20. The Balaban J connectivity index is 2.43. The summed E-state index contributed by atoms with van der Waals surface area (Å²) in [6, 6.07) is 0. The molecule has 8 heteroatoms. The van der Waals surface area contributed by atoms with E-state index in [1.165, 1.54) is 19.9 Å². The van der Waals surface area contributed by atoms with Gasteiger partial charge in [-0.2, -0.15) is 0 Å². The molecule has 1 N–H and O–H groups in total. The molecule has 1 aliphatic carbocycles. The van der Waals surface area contributed by atoms with Crippen molar-refractivity contribution in [3.05, 3.63) is 23.5 Å². The fourth-order valence-corrected chi connectivity index (χ4v) is 2.88. The van der Waals surface area contributed by atoms with Crippen LogP contribution in [0.25, 0.3) is 0 Å². The number of carbonyl (C=O) groups is 4. The van der Waals surface area contributed by atoms with Crippen molar-refractivity contribution in [2.45, 2.75) is 32.5 Å². The summed E-state index contributed by atoms with van der Waals surface area (Å²) in [6.07, 6.45) is 0.719. The molecule has 2 rings (SSSR count). The molecule has 1 fully saturated rings. The lowest BCUT2D eigenvalue weighted by Gasteiger charge is -2.30. The summed E-state index contributed by atoms with van der Waals surface area (Å²) in [7, 11) is 1.11.